The molecule has 2 fully saturated rings. The highest BCUT2D eigenvalue weighted by molar-refractivity contribution is 5.95. The van der Waals surface area contributed by atoms with Gasteiger partial charge < -0.3 is 5.32 Å². The monoisotopic (exact) mass is 165 g/mol. The lowest BCUT2D eigenvalue weighted by Gasteiger charge is -2.30. The van der Waals surface area contributed by atoms with Gasteiger partial charge in [-0.1, -0.05) is 12.5 Å². The molecule has 2 nitrogen and oxygen atoms in total. The molecule has 2 rings (SSSR count). The quantitative estimate of drug-likeness (QED) is 0.543. The zero-order valence-electron chi connectivity index (χ0n) is 7.52. The summed E-state index contributed by atoms with van der Waals surface area (Å²) in [4.78, 5) is 11.4. The summed E-state index contributed by atoms with van der Waals surface area (Å²) in [5, 5.41) is 2.90. The Morgan fingerprint density at radius 1 is 1.42 bits per heavy atom. The third kappa shape index (κ3) is 1.26. The van der Waals surface area contributed by atoms with Gasteiger partial charge in [0, 0.05) is 12.1 Å². The van der Waals surface area contributed by atoms with Gasteiger partial charge in [0.25, 0.3) is 0 Å². The number of piperidine rings is 1. The molecule has 0 aromatic heterocycles. The predicted octanol–water partition coefficient (Wildman–Crippen LogP) is 1.62. The van der Waals surface area contributed by atoms with Crippen LogP contribution in [0.5, 0.6) is 0 Å². The molecule has 0 atom stereocenters. The molecule has 1 saturated heterocycles. The molecular formula is C10H15NO. The van der Waals surface area contributed by atoms with Gasteiger partial charge in [0.15, 0.2) is 0 Å². The summed E-state index contributed by atoms with van der Waals surface area (Å²) < 4.78 is 0. The molecule has 0 unspecified atom stereocenters. The van der Waals surface area contributed by atoms with E-state index in [-0.39, 0.29) is 5.91 Å². The molecule has 0 bridgehead atoms. The average Bonchev–Trinajstić information content (AvgIpc) is 2.01. The molecule has 0 radical (unpaired) electrons. The molecule has 1 aliphatic carbocycles. The van der Waals surface area contributed by atoms with Crippen LogP contribution < -0.4 is 5.32 Å². The van der Waals surface area contributed by atoms with E-state index in [9.17, 15) is 4.79 Å². The minimum absolute atomic E-state index is 0.197. The highest BCUT2D eigenvalue weighted by Crippen LogP contribution is 2.36. The highest BCUT2D eigenvalue weighted by atomic mass is 16.1. The van der Waals surface area contributed by atoms with Crippen LogP contribution in [-0.4, -0.2) is 12.5 Å². The minimum Gasteiger partial charge on any atom is -0.352 e. The van der Waals surface area contributed by atoms with Crippen LogP contribution in [0, 0.1) is 5.92 Å². The van der Waals surface area contributed by atoms with Crippen molar-refractivity contribution in [2.45, 2.75) is 32.6 Å². The van der Waals surface area contributed by atoms with E-state index in [4.69, 9.17) is 0 Å². The Morgan fingerprint density at radius 2 is 2.17 bits per heavy atom. The first-order valence-electron chi connectivity index (χ1n) is 4.76. The Hall–Kier alpha value is -0.790. The zero-order chi connectivity index (χ0) is 8.55. The van der Waals surface area contributed by atoms with Crippen molar-refractivity contribution in [3.63, 3.8) is 0 Å². The number of rotatable bonds is 0. The van der Waals surface area contributed by atoms with E-state index in [0.717, 1.165) is 43.7 Å². The fourth-order valence-electron chi connectivity index (χ4n) is 2.05. The van der Waals surface area contributed by atoms with E-state index in [1.807, 2.05) is 0 Å². The summed E-state index contributed by atoms with van der Waals surface area (Å²) >= 11 is 0. The summed E-state index contributed by atoms with van der Waals surface area (Å²) in [6, 6.07) is 0. The van der Waals surface area contributed by atoms with E-state index in [0.29, 0.717) is 0 Å². The summed E-state index contributed by atoms with van der Waals surface area (Å²) in [5.74, 6) is 1.00. The molecule has 1 amide bonds. The van der Waals surface area contributed by atoms with Crippen molar-refractivity contribution in [1.82, 2.24) is 5.32 Å². The summed E-state index contributed by atoms with van der Waals surface area (Å²) in [6.07, 6.45) is 4.44. The number of hydrogen-bond donors (Lipinski definition) is 1. The van der Waals surface area contributed by atoms with Gasteiger partial charge >= 0.3 is 0 Å². The first-order chi connectivity index (χ1) is 5.77. The second-order valence-electron chi connectivity index (χ2n) is 3.95. The first kappa shape index (κ1) is 7.84. The minimum atomic E-state index is 0.197. The maximum Gasteiger partial charge on any atom is 0.247 e. The van der Waals surface area contributed by atoms with Gasteiger partial charge in [-0.3, -0.25) is 4.79 Å². The fraction of sp³-hybridized carbons (Fsp3) is 0.700. The SMILES string of the molecule is CC1CC(=C2CCCNC2=O)C1. The largest absolute Gasteiger partial charge is 0.352 e. The topological polar surface area (TPSA) is 29.1 Å². The molecule has 0 spiro atoms. The summed E-state index contributed by atoms with van der Waals surface area (Å²) in [6.45, 7) is 3.11. The van der Waals surface area contributed by atoms with Crippen LogP contribution in [0.3, 0.4) is 0 Å². The Bertz CT molecular complexity index is 234. The standard InChI is InChI=1S/C10H15NO/c1-7-5-8(6-7)9-3-2-4-11-10(9)12/h7H,2-6H2,1H3,(H,11,12). The van der Waals surface area contributed by atoms with Crippen molar-refractivity contribution in [3.05, 3.63) is 11.1 Å². The molecule has 0 aromatic rings. The van der Waals surface area contributed by atoms with Crippen LogP contribution >= 0.6 is 0 Å². The van der Waals surface area contributed by atoms with Crippen LogP contribution in [0.15, 0.2) is 11.1 Å². The van der Waals surface area contributed by atoms with Crippen molar-refractivity contribution in [1.29, 1.82) is 0 Å². The van der Waals surface area contributed by atoms with Crippen LogP contribution in [0.2, 0.25) is 0 Å². The van der Waals surface area contributed by atoms with Crippen LogP contribution in [-0.2, 0) is 4.79 Å². The van der Waals surface area contributed by atoms with Gasteiger partial charge in [-0.25, -0.2) is 0 Å². The number of carbonyl (C=O) groups is 1. The van der Waals surface area contributed by atoms with E-state index < -0.39 is 0 Å². The number of hydrogen-bond acceptors (Lipinski definition) is 1. The molecule has 12 heavy (non-hydrogen) atoms. The number of amides is 1. The van der Waals surface area contributed by atoms with E-state index in [1.165, 1.54) is 5.57 Å². The number of carbonyl (C=O) groups excluding carboxylic acids is 1. The second kappa shape index (κ2) is 2.92. The third-order valence-electron chi connectivity index (χ3n) is 2.78. The molecular weight excluding hydrogens is 150 g/mol. The highest BCUT2D eigenvalue weighted by Gasteiger charge is 2.26. The molecule has 2 aliphatic rings. The van der Waals surface area contributed by atoms with Crippen molar-refractivity contribution in [3.8, 4) is 0 Å². The Balaban J connectivity index is 2.10. The predicted molar refractivity (Wildman–Crippen MR) is 47.7 cm³/mol. The number of nitrogens with one attached hydrogen (secondary N) is 1. The Kier molecular flexibility index (Phi) is 1.91. The average molecular weight is 165 g/mol. The lowest BCUT2D eigenvalue weighted by Crippen LogP contribution is -2.33. The Morgan fingerprint density at radius 3 is 2.75 bits per heavy atom. The molecule has 1 saturated carbocycles. The number of allylic oxidation sites excluding steroid dienone is 1. The van der Waals surface area contributed by atoms with E-state index in [1.54, 1.807) is 0 Å². The van der Waals surface area contributed by atoms with Crippen molar-refractivity contribution >= 4 is 5.91 Å². The lowest BCUT2D eigenvalue weighted by molar-refractivity contribution is -0.118. The molecule has 1 aliphatic heterocycles. The van der Waals surface area contributed by atoms with Gasteiger partial charge in [-0.15, -0.1) is 0 Å². The lowest BCUT2D eigenvalue weighted by atomic mass is 9.77. The normalized spacial score (nSPS) is 29.8. The van der Waals surface area contributed by atoms with Crippen molar-refractivity contribution in [2.24, 2.45) is 5.92 Å². The van der Waals surface area contributed by atoms with Gasteiger partial charge in [0.05, 0.1) is 0 Å². The zero-order valence-corrected chi connectivity index (χ0v) is 7.52. The molecule has 1 N–H and O–H groups in total. The fourth-order valence-corrected chi connectivity index (χ4v) is 2.05. The second-order valence-corrected chi connectivity index (χ2v) is 3.95. The van der Waals surface area contributed by atoms with Gasteiger partial charge in [-0.2, -0.15) is 0 Å². The van der Waals surface area contributed by atoms with Crippen LogP contribution in [0.1, 0.15) is 32.6 Å². The van der Waals surface area contributed by atoms with Crippen LogP contribution in [0.4, 0.5) is 0 Å². The van der Waals surface area contributed by atoms with Crippen molar-refractivity contribution < 1.29 is 4.79 Å². The summed E-state index contributed by atoms with van der Waals surface area (Å²) in [5.41, 5.74) is 2.51. The molecule has 0 aromatic carbocycles. The van der Waals surface area contributed by atoms with E-state index in [2.05, 4.69) is 12.2 Å². The molecule has 66 valence electrons. The van der Waals surface area contributed by atoms with Gasteiger partial charge in [0.1, 0.15) is 0 Å². The third-order valence-corrected chi connectivity index (χ3v) is 2.78. The van der Waals surface area contributed by atoms with E-state index >= 15 is 0 Å². The first-order valence-corrected chi connectivity index (χ1v) is 4.76. The van der Waals surface area contributed by atoms with Gasteiger partial charge in [-0.05, 0) is 31.6 Å². The van der Waals surface area contributed by atoms with Crippen molar-refractivity contribution in [2.75, 3.05) is 6.54 Å². The maximum atomic E-state index is 11.4. The molecule has 2 heteroatoms. The maximum absolute atomic E-state index is 11.4. The Labute approximate surface area is 73.0 Å². The van der Waals surface area contributed by atoms with Crippen LogP contribution in [0.25, 0.3) is 0 Å². The van der Waals surface area contributed by atoms with Gasteiger partial charge in [0.2, 0.25) is 5.91 Å². The molecule has 1 heterocycles. The summed E-state index contributed by atoms with van der Waals surface area (Å²) in [7, 11) is 0. The smallest absolute Gasteiger partial charge is 0.247 e.